The lowest BCUT2D eigenvalue weighted by Crippen LogP contribution is -2.13. The molecule has 0 saturated carbocycles. The van der Waals surface area contributed by atoms with Gasteiger partial charge in [-0.25, -0.2) is 4.79 Å². The van der Waals surface area contributed by atoms with Gasteiger partial charge in [-0.3, -0.25) is 0 Å². The Bertz CT molecular complexity index is 920. The molecule has 1 aliphatic rings. The highest BCUT2D eigenvalue weighted by Crippen LogP contribution is 2.51. The molecule has 2 aromatic carbocycles. The van der Waals surface area contributed by atoms with Gasteiger partial charge >= 0.3 is 5.97 Å². The molecule has 0 aromatic heterocycles. The Kier molecular flexibility index (Phi) is 6.29. The normalized spacial score (nSPS) is 17.7. The number of aliphatic hydroxyl groups excluding tert-OH is 1. The monoisotopic (exact) mass is 400 g/mol. The maximum absolute atomic E-state index is 11.6. The molecule has 3 rings (SSSR count). The number of methoxy groups -OCH3 is 2. The van der Waals surface area contributed by atoms with Crippen LogP contribution in [0, 0.1) is 0 Å². The molecule has 7 heteroatoms. The van der Waals surface area contributed by atoms with Crippen LogP contribution in [-0.2, 0) is 9.53 Å². The third-order valence-corrected chi connectivity index (χ3v) is 4.76. The molecule has 0 aliphatic carbocycles. The number of carbonyl (C=O) groups is 1. The standard InChI is InChI=1S/C22H24O7/c1-4-28-20(25)8-5-13-9-15-16(12-23)21(29-22(15)19(10-13)27-3)14-6-7-17(24)18(11-14)26-2/h5-11,16,21,23-24H,4,12H2,1-3H3/b8-5+/t16-,21+/m0/s1. The maximum Gasteiger partial charge on any atom is 0.330 e. The highest BCUT2D eigenvalue weighted by Gasteiger charge is 2.37. The van der Waals surface area contributed by atoms with Gasteiger partial charge in [-0.2, -0.15) is 0 Å². The number of carbonyl (C=O) groups excluding carboxylic acids is 1. The van der Waals surface area contributed by atoms with E-state index in [2.05, 4.69) is 0 Å². The molecule has 1 aliphatic heterocycles. The summed E-state index contributed by atoms with van der Waals surface area (Å²) in [4.78, 5) is 11.6. The van der Waals surface area contributed by atoms with Gasteiger partial charge in [0, 0.05) is 11.6 Å². The molecule has 154 valence electrons. The number of rotatable bonds is 7. The number of phenolic OH excluding ortho intramolecular Hbond substituents is 1. The second-order valence-electron chi connectivity index (χ2n) is 6.49. The van der Waals surface area contributed by atoms with Gasteiger partial charge in [0.2, 0.25) is 0 Å². The molecule has 1 heterocycles. The summed E-state index contributed by atoms with van der Waals surface area (Å²) >= 11 is 0. The summed E-state index contributed by atoms with van der Waals surface area (Å²) in [6, 6.07) is 8.54. The van der Waals surface area contributed by atoms with Gasteiger partial charge in [-0.1, -0.05) is 6.07 Å². The van der Waals surface area contributed by atoms with Crippen molar-refractivity contribution in [2.45, 2.75) is 18.9 Å². The van der Waals surface area contributed by atoms with E-state index in [1.54, 1.807) is 31.2 Å². The molecule has 2 atom stereocenters. The highest BCUT2D eigenvalue weighted by atomic mass is 16.5. The average molecular weight is 400 g/mol. The van der Waals surface area contributed by atoms with Crippen LogP contribution in [0.4, 0.5) is 0 Å². The zero-order chi connectivity index (χ0) is 21.0. The first kappa shape index (κ1) is 20.5. The molecule has 0 amide bonds. The second-order valence-corrected chi connectivity index (χ2v) is 6.49. The molecule has 29 heavy (non-hydrogen) atoms. The number of phenols is 1. The van der Waals surface area contributed by atoms with Gasteiger partial charge in [0.25, 0.3) is 0 Å². The zero-order valence-corrected chi connectivity index (χ0v) is 16.5. The van der Waals surface area contributed by atoms with Crippen molar-refractivity contribution < 1.29 is 34.0 Å². The van der Waals surface area contributed by atoms with Crippen molar-refractivity contribution in [3.63, 3.8) is 0 Å². The van der Waals surface area contributed by atoms with Crippen LogP contribution >= 0.6 is 0 Å². The van der Waals surface area contributed by atoms with E-state index in [9.17, 15) is 15.0 Å². The Hall–Kier alpha value is -3.19. The van der Waals surface area contributed by atoms with E-state index in [0.29, 0.717) is 23.9 Å². The lowest BCUT2D eigenvalue weighted by molar-refractivity contribution is -0.137. The van der Waals surface area contributed by atoms with Gasteiger partial charge in [0.1, 0.15) is 6.10 Å². The first-order valence-electron chi connectivity index (χ1n) is 9.23. The number of hydrogen-bond acceptors (Lipinski definition) is 7. The van der Waals surface area contributed by atoms with Gasteiger partial charge in [0.15, 0.2) is 23.0 Å². The molecular weight excluding hydrogens is 376 g/mol. The van der Waals surface area contributed by atoms with Crippen LogP contribution in [0.5, 0.6) is 23.0 Å². The fourth-order valence-electron chi connectivity index (χ4n) is 3.39. The predicted octanol–water partition coefficient (Wildman–Crippen LogP) is 3.20. The Morgan fingerprint density at radius 2 is 1.93 bits per heavy atom. The number of ether oxygens (including phenoxy) is 4. The SMILES string of the molecule is CCOC(=O)/C=C/c1cc(OC)c2c(c1)[C@H](CO)[C@@H](c1ccc(O)c(OC)c1)O2. The van der Waals surface area contributed by atoms with E-state index in [0.717, 1.165) is 16.7 Å². The molecule has 2 aromatic rings. The fourth-order valence-corrected chi connectivity index (χ4v) is 3.39. The summed E-state index contributed by atoms with van der Waals surface area (Å²) in [5.74, 6) is 0.592. The molecule has 7 nitrogen and oxygen atoms in total. The lowest BCUT2D eigenvalue weighted by atomic mass is 9.90. The zero-order valence-electron chi connectivity index (χ0n) is 16.5. The van der Waals surface area contributed by atoms with Crippen molar-refractivity contribution in [1.82, 2.24) is 0 Å². The minimum Gasteiger partial charge on any atom is -0.504 e. The summed E-state index contributed by atoms with van der Waals surface area (Å²) in [5, 5.41) is 19.9. The van der Waals surface area contributed by atoms with Crippen molar-refractivity contribution in [3.05, 3.63) is 53.1 Å². The molecule has 0 fully saturated rings. The third kappa shape index (κ3) is 4.14. The van der Waals surface area contributed by atoms with Gasteiger partial charge in [-0.05, 0) is 48.4 Å². The van der Waals surface area contributed by atoms with Crippen LogP contribution in [0.2, 0.25) is 0 Å². The number of hydrogen-bond donors (Lipinski definition) is 2. The van der Waals surface area contributed by atoms with E-state index < -0.39 is 12.1 Å². The minimum atomic E-state index is -0.484. The van der Waals surface area contributed by atoms with Crippen molar-refractivity contribution in [1.29, 1.82) is 0 Å². The van der Waals surface area contributed by atoms with E-state index >= 15 is 0 Å². The Morgan fingerprint density at radius 3 is 2.59 bits per heavy atom. The largest absolute Gasteiger partial charge is 0.504 e. The summed E-state index contributed by atoms with van der Waals surface area (Å²) in [5.41, 5.74) is 2.24. The molecule has 0 spiro atoms. The van der Waals surface area contributed by atoms with Crippen molar-refractivity contribution >= 4 is 12.0 Å². The Labute approximate surface area is 169 Å². The fraction of sp³-hybridized carbons (Fsp3) is 0.318. The van der Waals surface area contributed by atoms with Crippen LogP contribution in [0.15, 0.2) is 36.4 Å². The van der Waals surface area contributed by atoms with Gasteiger partial charge in [-0.15, -0.1) is 0 Å². The summed E-state index contributed by atoms with van der Waals surface area (Å²) < 4.78 is 21.7. The van der Waals surface area contributed by atoms with E-state index in [4.69, 9.17) is 18.9 Å². The number of aromatic hydroxyl groups is 1. The minimum absolute atomic E-state index is 0.0243. The molecule has 2 N–H and O–H groups in total. The van der Waals surface area contributed by atoms with Crippen molar-refractivity contribution in [2.75, 3.05) is 27.4 Å². The van der Waals surface area contributed by atoms with Crippen LogP contribution in [0.25, 0.3) is 6.08 Å². The number of esters is 1. The molecular formula is C22H24O7. The Balaban J connectivity index is 1.98. The van der Waals surface area contributed by atoms with E-state index in [1.807, 2.05) is 6.07 Å². The molecule has 0 saturated heterocycles. The van der Waals surface area contributed by atoms with Gasteiger partial charge in [0.05, 0.1) is 33.4 Å². The van der Waals surface area contributed by atoms with E-state index in [1.165, 1.54) is 26.4 Å². The topological polar surface area (TPSA) is 94.5 Å². The summed E-state index contributed by atoms with van der Waals surface area (Å²) in [6.45, 7) is 1.88. The highest BCUT2D eigenvalue weighted by molar-refractivity contribution is 5.87. The summed E-state index contributed by atoms with van der Waals surface area (Å²) in [7, 11) is 3.00. The first-order chi connectivity index (χ1) is 14.0. The van der Waals surface area contributed by atoms with Crippen molar-refractivity contribution in [3.8, 4) is 23.0 Å². The van der Waals surface area contributed by atoms with Crippen LogP contribution in [-0.4, -0.2) is 43.6 Å². The van der Waals surface area contributed by atoms with E-state index in [-0.39, 0.29) is 18.3 Å². The number of aliphatic hydroxyl groups is 1. The van der Waals surface area contributed by atoms with Crippen molar-refractivity contribution in [2.24, 2.45) is 0 Å². The van der Waals surface area contributed by atoms with Crippen LogP contribution in [0.1, 0.15) is 35.6 Å². The molecule has 0 radical (unpaired) electrons. The smallest absolute Gasteiger partial charge is 0.330 e. The lowest BCUT2D eigenvalue weighted by Gasteiger charge is -2.18. The second kappa shape index (κ2) is 8.87. The number of fused-ring (bicyclic) bond motifs is 1. The summed E-state index contributed by atoms with van der Waals surface area (Å²) in [6.07, 6.45) is 2.49. The molecule has 0 bridgehead atoms. The Morgan fingerprint density at radius 1 is 1.17 bits per heavy atom. The van der Waals surface area contributed by atoms with Crippen LogP contribution < -0.4 is 14.2 Å². The van der Waals surface area contributed by atoms with Crippen LogP contribution in [0.3, 0.4) is 0 Å². The average Bonchev–Trinajstić information content (AvgIpc) is 3.10. The molecule has 0 unspecified atom stereocenters. The first-order valence-corrected chi connectivity index (χ1v) is 9.23. The van der Waals surface area contributed by atoms with Gasteiger partial charge < -0.3 is 29.2 Å². The third-order valence-electron chi connectivity index (χ3n) is 4.76. The number of benzene rings is 2. The quantitative estimate of drug-likeness (QED) is 0.544. The predicted molar refractivity (Wildman–Crippen MR) is 107 cm³/mol. The maximum atomic E-state index is 11.6.